The maximum atomic E-state index is 4.44. The van der Waals surface area contributed by atoms with Gasteiger partial charge in [0.1, 0.15) is 5.82 Å². The van der Waals surface area contributed by atoms with Crippen LogP contribution in [0.4, 0.5) is 5.69 Å². The molecule has 0 unspecified atom stereocenters. The van der Waals surface area contributed by atoms with Crippen LogP contribution in [0.5, 0.6) is 0 Å². The van der Waals surface area contributed by atoms with Crippen molar-refractivity contribution in [2.75, 3.05) is 5.32 Å². The first-order valence-corrected chi connectivity index (χ1v) is 6.56. The summed E-state index contributed by atoms with van der Waals surface area (Å²) in [6, 6.07) is 10.1. The van der Waals surface area contributed by atoms with Crippen molar-refractivity contribution in [2.24, 2.45) is 7.05 Å². The molecule has 0 aliphatic rings. The Bertz CT molecular complexity index is 696. The van der Waals surface area contributed by atoms with Crippen molar-refractivity contribution in [1.29, 1.82) is 0 Å². The Morgan fingerprint density at radius 1 is 1.20 bits per heavy atom. The topological polar surface area (TPSA) is 47.7 Å². The van der Waals surface area contributed by atoms with Gasteiger partial charge in [-0.1, -0.05) is 18.2 Å². The Kier molecular flexibility index (Phi) is 3.25. The van der Waals surface area contributed by atoms with E-state index in [9.17, 15) is 0 Å². The highest BCUT2D eigenvalue weighted by atomic mass is 15.3. The number of rotatable bonds is 4. The fourth-order valence-corrected chi connectivity index (χ4v) is 2.15. The summed E-state index contributed by atoms with van der Waals surface area (Å²) < 4.78 is 3.94. The summed E-state index contributed by atoms with van der Waals surface area (Å²) in [6.45, 7) is 2.74. The molecule has 0 aliphatic heterocycles. The zero-order valence-electron chi connectivity index (χ0n) is 11.6. The van der Waals surface area contributed by atoms with Gasteiger partial charge in [0.2, 0.25) is 0 Å². The number of nitrogens with zero attached hydrogens (tertiary/aromatic N) is 4. The van der Waals surface area contributed by atoms with Crippen molar-refractivity contribution in [3.63, 3.8) is 0 Å². The molecule has 0 bridgehead atoms. The van der Waals surface area contributed by atoms with Gasteiger partial charge in [-0.15, -0.1) is 0 Å². The molecule has 0 saturated heterocycles. The van der Waals surface area contributed by atoms with Gasteiger partial charge < -0.3 is 9.88 Å². The SMILES string of the molecule is Cc1c(NCc2nccn2C)cnn1-c1ccccc1. The Hall–Kier alpha value is -2.56. The fourth-order valence-electron chi connectivity index (χ4n) is 2.15. The van der Waals surface area contributed by atoms with E-state index in [1.165, 1.54) is 0 Å². The van der Waals surface area contributed by atoms with E-state index in [1.54, 1.807) is 6.20 Å². The average Bonchev–Trinajstić information content (AvgIpc) is 3.04. The molecule has 20 heavy (non-hydrogen) atoms. The number of anilines is 1. The van der Waals surface area contributed by atoms with E-state index in [-0.39, 0.29) is 0 Å². The van der Waals surface area contributed by atoms with Crippen LogP contribution >= 0.6 is 0 Å². The second-order valence-corrected chi connectivity index (χ2v) is 4.70. The smallest absolute Gasteiger partial charge is 0.127 e. The summed E-state index contributed by atoms with van der Waals surface area (Å²) in [5, 5.41) is 7.81. The number of nitrogens with one attached hydrogen (secondary N) is 1. The maximum absolute atomic E-state index is 4.44. The first-order valence-electron chi connectivity index (χ1n) is 6.56. The van der Waals surface area contributed by atoms with Gasteiger partial charge in [-0.2, -0.15) is 5.10 Å². The van der Waals surface area contributed by atoms with E-state index in [0.29, 0.717) is 6.54 Å². The van der Waals surface area contributed by atoms with Gasteiger partial charge in [0, 0.05) is 19.4 Å². The molecule has 0 fully saturated rings. The van der Waals surface area contributed by atoms with Gasteiger partial charge in [0.05, 0.1) is 29.8 Å². The number of aryl methyl sites for hydroxylation is 1. The predicted octanol–water partition coefficient (Wildman–Crippen LogP) is 2.53. The van der Waals surface area contributed by atoms with Gasteiger partial charge in [0.25, 0.3) is 0 Å². The summed E-state index contributed by atoms with van der Waals surface area (Å²) in [7, 11) is 1.99. The molecule has 0 spiro atoms. The lowest BCUT2D eigenvalue weighted by Gasteiger charge is -2.07. The van der Waals surface area contributed by atoms with Gasteiger partial charge in [-0.25, -0.2) is 9.67 Å². The standard InChI is InChI=1S/C15H17N5/c1-12-14(17-11-15-16-8-9-19(15)2)10-18-20(12)13-6-4-3-5-7-13/h3-10,17H,11H2,1-2H3. The largest absolute Gasteiger partial charge is 0.375 e. The first kappa shape index (κ1) is 12.5. The van der Waals surface area contributed by atoms with Crippen LogP contribution in [-0.2, 0) is 13.6 Å². The Balaban J connectivity index is 1.79. The molecule has 0 saturated carbocycles. The van der Waals surface area contributed by atoms with Crippen LogP contribution in [0.3, 0.4) is 0 Å². The molecule has 0 radical (unpaired) electrons. The molecule has 0 aliphatic carbocycles. The molecule has 0 atom stereocenters. The second-order valence-electron chi connectivity index (χ2n) is 4.70. The minimum absolute atomic E-state index is 0.685. The molecule has 5 heteroatoms. The van der Waals surface area contributed by atoms with Gasteiger partial charge in [0.15, 0.2) is 0 Å². The number of benzene rings is 1. The average molecular weight is 267 g/mol. The molecule has 5 nitrogen and oxygen atoms in total. The Labute approximate surface area is 117 Å². The van der Waals surface area contributed by atoms with Gasteiger partial charge in [-0.3, -0.25) is 0 Å². The summed E-state index contributed by atoms with van der Waals surface area (Å²) >= 11 is 0. The van der Waals surface area contributed by atoms with Crippen LogP contribution in [0.1, 0.15) is 11.5 Å². The summed E-state index contributed by atoms with van der Waals surface area (Å²) in [4.78, 5) is 4.30. The van der Waals surface area contributed by atoms with Crippen molar-refractivity contribution in [1.82, 2.24) is 19.3 Å². The van der Waals surface area contributed by atoms with Crippen LogP contribution in [-0.4, -0.2) is 19.3 Å². The normalized spacial score (nSPS) is 10.7. The Morgan fingerprint density at radius 3 is 2.70 bits per heavy atom. The number of para-hydroxylation sites is 1. The number of hydrogen-bond acceptors (Lipinski definition) is 3. The lowest BCUT2D eigenvalue weighted by Crippen LogP contribution is -2.06. The highest BCUT2D eigenvalue weighted by molar-refractivity contribution is 5.49. The van der Waals surface area contributed by atoms with Crippen LogP contribution < -0.4 is 5.32 Å². The minimum Gasteiger partial charge on any atom is -0.375 e. The molecule has 2 heterocycles. The first-order chi connectivity index (χ1) is 9.75. The van der Waals surface area contributed by atoms with Gasteiger partial charge >= 0.3 is 0 Å². The monoisotopic (exact) mass is 267 g/mol. The molecule has 102 valence electrons. The van der Waals surface area contributed by atoms with E-state index in [2.05, 4.69) is 22.3 Å². The number of imidazole rings is 1. The van der Waals surface area contributed by atoms with Crippen molar-refractivity contribution in [2.45, 2.75) is 13.5 Å². The maximum Gasteiger partial charge on any atom is 0.127 e. The highest BCUT2D eigenvalue weighted by Crippen LogP contribution is 2.18. The highest BCUT2D eigenvalue weighted by Gasteiger charge is 2.08. The quantitative estimate of drug-likeness (QED) is 0.790. The molecule has 0 amide bonds. The molecule has 1 N–H and O–H groups in total. The molecule has 2 aromatic heterocycles. The zero-order chi connectivity index (χ0) is 13.9. The molecule has 3 rings (SSSR count). The summed E-state index contributed by atoms with van der Waals surface area (Å²) in [6.07, 6.45) is 5.60. The molecular weight excluding hydrogens is 250 g/mol. The lowest BCUT2D eigenvalue weighted by molar-refractivity contribution is 0.811. The van der Waals surface area contributed by atoms with Crippen molar-refractivity contribution >= 4 is 5.69 Å². The van der Waals surface area contributed by atoms with Crippen LogP contribution in [0, 0.1) is 6.92 Å². The number of hydrogen-bond donors (Lipinski definition) is 1. The third-order valence-electron chi connectivity index (χ3n) is 3.37. The Morgan fingerprint density at radius 2 is 2.00 bits per heavy atom. The lowest BCUT2D eigenvalue weighted by atomic mass is 10.3. The molecule has 1 aromatic carbocycles. The zero-order valence-corrected chi connectivity index (χ0v) is 11.6. The molecule has 3 aromatic rings. The van der Waals surface area contributed by atoms with E-state index in [4.69, 9.17) is 0 Å². The van der Waals surface area contributed by atoms with E-state index in [1.807, 2.05) is 59.0 Å². The van der Waals surface area contributed by atoms with Crippen molar-refractivity contribution < 1.29 is 0 Å². The predicted molar refractivity (Wildman–Crippen MR) is 78.8 cm³/mol. The van der Waals surface area contributed by atoms with Crippen LogP contribution in [0.2, 0.25) is 0 Å². The van der Waals surface area contributed by atoms with E-state index in [0.717, 1.165) is 22.9 Å². The molecular formula is C15H17N5. The fraction of sp³-hybridized carbons (Fsp3) is 0.200. The van der Waals surface area contributed by atoms with Crippen molar-refractivity contribution in [3.8, 4) is 5.69 Å². The van der Waals surface area contributed by atoms with E-state index < -0.39 is 0 Å². The van der Waals surface area contributed by atoms with Crippen LogP contribution in [0.15, 0.2) is 48.9 Å². The van der Waals surface area contributed by atoms with Crippen molar-refractivity contribution in [3.05, 3.63) is 60.4 Å². The minimum atomic E-state index is 0.685. The van der Waals surface area contributed by atoms with E-state index >= 15 is 0 Å². The number of aromatic nitrogens is 4. The summed E-state index contributed by atoms with van der Waals surface area (Å²) in [5.41, 5.74) is 3.18. The third kappa shape index (κ3) is 2.30. The third-order valence-corrected chi connectivity index (χ3v) is 3.37. The van der Waals surface area contributed by atoms with Crippen LogP contribution in [0.25, 0.3) is 5.69 Å². The summed E-state index contributed by atoms with van der Waals surface area (Å²) in [5.74, 6) is 0.997. The second kappa shape index (κ2) is 5.21. The van der Waals surface area contributed by atoms with Gasteiger partial charge in [-0.05, 0) is 19.1 Å².